The molecule has 2 rings (SSSR count). The van der Waals surface area contributed by atoms with Gasteiger partial charge < -0.3 is 16.0 Å². The number of hydrogen-bond donors (Lipinski definition) is 3. The van der Waals surface area contributed by atoms with E-state index in [-0.39, 0.29) is 17.1 Å². The van der Waals surface area contributed by atoms with Gasteiger partial charge in [0.15, 0.2) is 5.11 Å². The fourth-order valence-electron chi connectivity index (χ4n) is 3.40. The van der Waals surface area contributed by atoms with E-state index >= 15 is 0 Å². The molecule has 1 heterocycles. The van der Waals surface area contributed by atoms with Gasteiger partial charge in [0.1, 0.15) is 11.6 Å². The molecule has 0 bridgehead atoms. The standard InChI is InChI=1S/C16H23F2N3S/c1-15(2)8-13(9-16(3,4)21-15)20-14(22)19-12-6-10(17)5-11(18)7-12/h5-7,13,21H,8-9H2,1-4H3,(H2,19,20,22). The smallest absolute Gasteiger partial charge is 0.170 e. The molecule has 6 heteroatoms. The van der Waals surface area contributed by atoms with E-state index in [0.717, 1.165) is 18.9 Å². The Hall–Kier alpha value is -1.27. The highest BCUT2D eigenvalue weighted by Gasteiger charge is 2.37. The van der Waals surface area contributed by atoms with Crippen molar-refractivity contribution in [2.45, 2.75) is 57.7 Å². The van der Waals surface area contributed by atoms with Gasteiger partial charge in [0.25, 0.3) is 0 Å². The highest BCUT2D eigenvalue weighted by molar-refractivity contribution is 7.80. The summed E-state index contributed by atoms with van der Waals surface area (Å²) < 4.78 is 26.4. The number of piperidine rings is 1. The van der Waals surface area contributed by atoms with E-state index in [1.54, 1.807) is 0 Å². The minimum Gasteiger partial charge on any atom is -0.360 e. The number of benzene rings is 1. The van der Waals surface area contributed by atoms with Crippen LogP contribution < -0.4 is 16.0 Å². The summed E-state index contributed by atoms with van der Waals surface area (Å²) in [7, 11) is 0. The van der Waals surface area contributed by atoms with Gasteiger partial charge in [-0.25, -0.2) is 8.78 Å². The lowest BCUT2D eigenvalue weighted by molar-refractivity contribution is 0.156. The third-order valence-electron chi connectivity index (χ3n) is 3.65. The largest absolute Gasteiger partial charge is 0.360 e. The molecule has 1 saturated heterocycles. The molecule has 1 aliphatic rings. The number of halogens is 2. The summed E-state index contributed by atoms with van der Waals surface area (Å²) in [6.07, 6.45) is 1.82. The molecule has 0 saturated carbocycles. The monoisotopic (exact) mass is 327 g/mol. The maximum absolute atomic E-state index is 13.2. The van der Waals surface area contributed by atoms with E-state index in [9.17, 15) is 8.78 Å². The van der Waals surface area contributed by atoms with Crippen molar-refractivity contribution >= 4 is 23.0 Å². The van der Waals surface area contributed by atoms with E-state index in [4.69, 9.17) is 12.2 Å². The van der Waals surface area contributed by atoms with Crippen molar-refractivity contribution in [3.8, 4) is 0 Å². The van der Waals surface area contributed by atoms with E-state index in [0.29, 0.717) is 10.8 Å². The Morgan fingerprint density at radius 2 is 1.59 bits per heavy atom. The van der Waals surface area contributed by atoms with Gasteiger partial charge in [0.2, 0.25) is 0 Å². The molecule has 0 radical (unpaired) electrons. The Bertz CT molecular complexity index is 536. The second-order valence-corrected chi connectivity index (χ2v) is 7.66. The van der Waals surface area contributed by atoms with Gasteiger partial charge in [-0.05, 0) is 64.9 Å². The minimum absolute atomic E-state index is 0.00000674. The highest BCUT2D eigenvalue weighted by Crippen LogP contribution is 2.28. The molecule has 0 aliphatic carbocycles. The SMILES string of the molecule is CC1(C)CC(NC(=S)Nc2cc(F)cc(F)c2)CC(C)(C)N1. The topological polar surface area (TPSA) is 36.1 Å². The number of thiocarbonyl (C=S) groups is 1. The Balaban J connectivity index is 1.99. The molecule has 0 atom stereocenters. The van der Waals surface area contributed by atoms with Crippen LogP contribution in [0.2, 0.25) is 0 Å². The summed E-state index contributed by atoms with van der Waals surface area (Å²) in [6.45, 7) is 8.62. The van der Waals surface area contributed by atoms with Gasteiger partial charge in [-0.2, -0.15) is 0 Å². The first-order valence-electron chi connectivity index (χ1n) is 7.38. The molecule has 1 aromatic carbocycles. The zero-order chi connectivity index (χ0) is 16.5. The van der Waals surface area contributed by atoms with Gasteiger partial charge in [-0.15, -0.1) is 0 Å². The Labute approximate surface area is 135 Å². The van der Waals surface area contributed by atoms with Crippen LogP contribution in [0.1, 0.15) is 40.5 Å². The van der Waals surface area contributed by atoms with Crippen molar-refractivity contribution in [3.63, 3.8) is 0 Å². The first kappa shape index (κ1) is 17.1. The van der Waals surface area contributed by atoms with Gasteiger partial charge in [-0.1, -0.05) is 0 Å². The Morgan fingerprint density at radius 3 is 2.09 bits per heavy atom. The third-order valence-corrected chi connectivity index (χ3v) is 3.87. The van der Waals surface area contributed by atoms with Gasteiger partial charge in [-0.3, -0.25) is 0 Å². The van der Waals surface area contributed by atoms with Crippen LogP contribution >= 0.6 is 12.2 Å². The van der Waals surface area contributed by atoms with Crippen molar-refractivity contribution in [2.24, 2.45) is 0 Å². The third kappa shape index (κ3) is 4.88. The maximum Gasteiger partial charge on any atom is 0.170 e. The van der Waals surface area contributed by atoms with Crippen molar-refractivity contribution in [1.82, 2.24) is 10.6 Å². The van der Waals surface area contributed by atoms with Crippen LogP contribution in [0, 0.1) is 11.6 Å². The molecule has 0 amide bonds. The van der Waals surface area contributed by atoms with E-state index in [1.165, 1.54) is 12.1 Å². The maximum atomic E-state index is 13.2. The van der Waals surface area contributed by atoms with Crippen LogP contribution in [0.25, 0.3) is 0 Å². The molecule has 0 spiro atoms. The quantitative estimate of drug-likeness (QED) is 0.726. The molecule has 22 heavy (non-hydrogen) atoms. The number of hydrogen-bond acceptors (Lipinski definition) is 2. The lowest BCUT2D eigenvalue weighted by atomic mass is 9.80. The van der Waals surface area contributed by atoms with Gasteiger partial charge in [0.05, 0.1) is 0 Å². The number of rotatable bonds is 2. The van der Waals surface area contributed by atoms with Crippen LogP contribution in [0.15, 0.2) is 18.2 Å². The summed E-state index contributed by atoms with van der Waals surface area (Å²) in [5.74, 6) is -1.26. The molecule has 1 aromatic rings. The minimum atomic E-state index is -0.630. The summed E-state index contributed by atoms with van der Waals surface area (Å²) in [5, 5.41) is 10.1. The molecular formula is C16H23F2N3S. The Kier molecular flexibility index (Phi) is 4.73. The predicted octanol–water partition coefficient (Wildman–Crippen LogP) is 3.56. The van der Waals surface area contributed by atoms with E-state index < -0.39 is 11.6 Å². The highest BCUT2D eigenvalue weighted by atomic mass is 32.1. The van der Waals surface area contributed by atoms with E-state index in [1.807, 2.05) is 0 Å². The van der Waals surface area contributed by atoms with Crippen LogP contribution in [-0.4, -0.2) is 22.2 Å². The fourth-order valence-corrected chi connectivity index (χ4v) is 3.69. The van der Waals surface area contributed by atoms with Gasteiger partial charge in [0, 0.05) is 28.9 Å². The molecule has 1 fully saturated rings. The molecule has 122 valence electrons. The Morgan fingerprint density at radius 1 is 1.09 bits per heavy atom. The second kappa shape index (κ2) is 6.08. The zero-order valence-corrected chi connectivity index (χ0v) is 14.2. The molecule has 0 unspecified atom stereocenters. The summed E-state index contributed by atoms with van der Waals surface area (Å²) in [4.78, 5) is 0. The van der Waals surface area contributed by atoms with Gasteiger partial charge >= 0.3 is 0 Å². The van der Waals surface area contributed by atoms with Crippen LogP contribution in [0.5, 0.6) is 0 Å². The molecule has 0 aromatic heterocycles. The molecule has 3 nitrogen and oxygen atoms in total. The average Bonchev–Trinajstić information content (AvgIpc) is 2.21. The second-order valence-electron chi connectivity index (χ2n) is 7.25. The first-order chi connectivity index (χ1) is 10.0. The molecule has 1 aliphatic heterocycles. The van der Waals surface area contributed by atoms with Crippen molar-refractivity contribution in [3.05, 3.63) is 29.8 Å². The normalized spacial score (nSPS) is 20.5. The number of anilines is 1. The van der Waals surface area contributed by atoms with Crippen LogP contribution in [0.4, 0.5) is 14.5 Å². The van der Waals surface area contributed by atoms with E-state index in [2.05, 4.69) is 43.6 Å². The predicted molar refractivity (Wildman–Crippen MR) is 90.0 cm³/mol. The summed E-state index contributed by atoms with van der Waals surface area (Å²) in [6, 6.07) is 3.46. The average molecular weight is 327 g/mol. The lowest BCUT2D eigenvalue weighted by Crippen LogP contribution is -2.62. The zero-order valence-electron chi connectivity index (χ0n) is 13.4. The van der Waals surface area contributed by atoms with Crippen molar-refractivity contribution < 1.29 is 8.78 Å². The molecular weight excluding hydrogens is 304 g/mol. The summed E-state index contributed by atoms with van der Waals surface area (Å²) in [5.41, 5.74) is 0.308. The van der Waals surface area contributed by atoms with Crippen LogP contribution in [-0.2, 0) is 0 Å². The van der Waals surface area contributed by atoms with Crippen LogP contribution in [0.3, 0.4) is 0 Å². The fraction of sp³-hybridized carbons (Fsp3) is 0.562. The number of nitrogens with one attached hydrogen (secondary N) is 3. The van der Waals surface area contributed by atoms with Crippen molar-refractivity contribution in [2.75, 3.05) is 5.32 Å². The first-order valence-corrected chi connectivity index (χ1v) is 7.78. The summed E-state index contributed by atoms with van der Waals surface area (Å²) >= 11 is 5.27. The van der Waals surface area contributed by atoms with Crippen molar-refractivity contribution in [1.29, 1.82) is 0 Å². The molecule has 3 N–H and O–H groups in total. The lowest BCUT2D eigenvalue weighted by Gasteiger charge is -2.46.